The number of likely N-dealkylation sites (tertiary alicyclic amines) is 1. The summed E-state index contributed by atoms with van der Waals surface area (Å²) in [5, 5.41) is 0. The minimum Gasteiger partial charge on any atom is -0.460 e. The Kier molecular flexibility index (Phi) is 7.65. The lowest BCUT2D eigenvalue weighted by Gasteiger charge is -2.35. The van der Waals surface area contributed by atoms with Crippen LogP contribution >= 0.6 is 0 Å². The predicted molar refractivity (Wildman–Crippen MR) is 126 cm³/mol. The first-order valence-corrected chi connectivity index (χ1v) is 11.9. The molecule has 190 valence electrons. The van der Waals surface area contributed by atoms with Gasteiger partial charge in [-0.1, -0.05) is 30.3 Å². The number of fused-ring (bicyclic) bond motifs is 1. The van der Waals surface area contributed by atoms with Gasteiger partial charge < -0.3 is 23.7 Å². The van der Waals surface area contributed by atoms with Gasteiger partial charge in [0, 0.05) is 0 Å². The minimum atomic E-state index is -0.848. The van der Waals surface area contributed by atoms with Gasteiger partial charge in [-0.25, -0.2) is 4.79 Å². The highest BCUT2D eigenvalue weighted by Crippen LogP contribution is 2.42. The van der Waals surface area contributed by atoms with Gasteiger partial charge in [-0.2, -0.15) is 0 Å². The molecule has 0 unspecified atom stereocenters. The molecule has 0 saturated carbocycles. The Morgan fingerprint density at radius 2 is 1.47 bits per heavy atom. The van der Waals surface area contributed by atoms with Crippen LogP contribution in [0.25, 0.3) is 0 Å². The summed E-state index contributed by atoms with van der Waals surface area (Å²) in [6.07, 6.45) is -1.55. The number of benzene rings is 1. The average molecular weight is 478 g/mol. The molecule has 0 bridgehead atoms. The van der Waals surface area contributed by atoms with E-state index in [1.54, 1.807) is 4.90 Å². The van der Waals surface area contributed by atoms with E-state index in [-0.39, 0.29) is 13.0 Å². The van der Waals surface area contributed by atoms with Gasteiger partial charge in [-0.3, -0.25) is 9.69 Å². The Bertz CT molecular complexity index is 856. The molecule has 0 spiro atoms. The van der Waals surface area contributed by atoms with E-state index in [1.807, 2.05) is 85.7 Å². The van der Waals surface area contributed by atoms with Crippen molar-refractivity contribution in [2.75, 3.05) is 6.61 Å². The van der Waals surface area contributed by atoms with Crippen molar-refractivity contribution in [3.05, 3.63) is 35.9 Å². The number of rotatable bonds is 6. The molecule has 8 heteroatoms. The first-order chi connectivity index (χ1) is 15.7. The lowest BCUT2D eigenvalue weighted by Crippen LogP contribution is -2.50. The summed E-state index contributed by atoms with van der Waals surface area (Å²) in [4.78, 5) is 27.7. The van der Waals surface area contributed by atoms with Crippen molar-refractivity contribution in [3.63, 3.8) is 0 Å². The van der Waals surface area contributed by atoms with Crippen molar-refractivity contribution in [3.8, 4) is 0 Å². The number of carbonyl (C=O) groups is 2. The summed E-state index contributed by atoms with van der Waals surface area (Å²) < 4.78 is 29.7. The zero-order valence-electron chi connectivity index (χ0n) is 21.6. The molecular formula is C26H39NO7. The van der Waals surface area contributed by atoms with Crippen LogP contribution in [0.1, 0.15) is 67.4 Å². The number of esters is 1. The van der Waals surface area contributed by atoms with E-state index in [0.29, 0.717) is 6.61 Å². The van der Waals surface area contributed by atoms with E-state index >= 15 is 0 Å². The van der Waals surface area contributed by atoms with Crippen LogP contribution in [-0.4, -0.2) is 64.9 Å². The number of hydrogen-bond acceptors (Lipinski definition) is 7. The normalized spacial score (nSPS) is 26.3. The number of amides is 1. The van der Waals surface area contributed by atoms with E-state index in [1.165, 1.54) is 0 Å². The second kappa shape index (κ2) is 9.84. The maximum Gasteiger partial charge on any atom is 0.411 e. The Morgan fingerprint density at radius 1 is 0.912 bits per heavy atom. The smallest absolute Gasteiger partial charge is 0.411 e. The van der Waals surface area contributed by atoms with Crippen LogP contribution in [0.15, 0.2) is 30.3 Å². The van der Waals surface area contributed by atoms with Gasteiger partial charge in [0.2, 0.25) is 0 Å². The molecule has 2 aliphatic rings. The van der Waals surface area contributed by atoms with Gasteiger partial charge in [0.05, 0.1) is 31.7 Å². The van der Waals surface area contributed by atoms with E-state index in [0.717, 1.165) is 5.56 Å². The van der Waals surface area contributed by atoms with E-state index in [2.05, 4.69) is 0 Å². The number of carbonyl (C=O) groups excluding carboxylic acids is 2. The molecule has 1 aromatic rings. The molecule has 0 aromatic heterocycles. The molecule has 1 amide bonds. The highest BCUT2D eigenvalue weighted by molar-refractivity contribution is 5.74. The summed E-state index contributed by atoms with van der Waals surface area (Å²) in [5.41, 5.74) is -0.326. The van der Waals surface area contributed by atoms with Gasteiger partial charge in [0.15, 0.2) is 5.79 Å². The molecule has 4 atom stereocenters. The van der Waals surface area contributed by atoms with Crippen molar-refractivity contribution in [2.24, 2.45) is 0 Å². The first kappa shape index (κ1) is 26.4. The van der Waals surface area contributed by atoms with Gasteiger partial charge in [0.1, 0.15) is 23.4 Å². The molecule has 2 aliphatic heterocycles. The molecule has 8 nitrogen and oxygen atoms in total. The average Bonchev–Trinajstić information content (AvgIpc) is 3.11. The summed E-state index contributed by atoms with van der Waals surface area (Å²) in [7, 11) is 0. The molecule has 0 aliphatic carbocycles. The van der Waals surface area contributed by atoms with Gasteiger partial charge in [-0.15, -0.1) is 0 Å². The molecule has 0 radical (unpaired) electrons. The Labute approximate surface area is 202 Å². The Hall–Kier alpha value is -2.16. The van der Waals surface area contributed by atoms with Crippen LogP contribution in [-0.2, 0) is 35.1 Å². The third kappa shape index (κ3) is 6.93. The monoisotopic (exact) mass is 477 g/mol. The van der Waals surface area contributed by atoms with Crippen LogP contribution in [0.4, 0.5) is 4.79 Å². The van der Waals surface area contributed by atoms with Crippen LogP contribution in [0.5, 0.6) is 0 Å². The second-order valence-corrected chi connectivity index (χ2v) is 11.4. The third-order valence-corrected chi connectivity index (χ3v) is 5.44. The van der Waals surface area contributed by atoms with Gasteiger partial charge >= 0.3 is 12.1 Å². The van der Waals surface area contributed by atoms with Gasteiger partial charge in [0.25, 0.3) is 0 Å². The molecule has 34 heavy (non-hydrogen) atoms. The van der Waals surface area contributed by atoms with E-state index in [4.69, 9.17) is 23.7 Å². The summed E-state index contributed by atoms with van der Waals surface area (Å²) in [6, 6.07) is 8.70. The van der Waals surface area contributed by atoms with Crippen LogP contribution < -0.4 is 0 Å². The van der Waals surface area contributed by atoms with Crippen molar-refractivity contribution in [2.45, 2.75) is 110 Å². The van der Waals surface area contributed by atoms with Crippen molar-refractivity contribution >= 4 is 12.1 Å². The number of ether oxygens (including phenoxy) is 5. The Morgan fingerprint density at radius 3 is 2.03 bits per heavy atom. The quantitative estimate of drug-likeness (QED) is 0.560. The third-order valence-electron chi connectivity index (χ3n) is 5.44. The van der Waals surface area contributed by atoms with Crippen molar-refractivity contribution in [1.29, 1.82) is 0 Å². The molecule has 2 saturated heterocycles. The maximum absolute atomic E-state index is 13.4. The topological polar surface area (TPSA) is 83.5 Å². The lowest BCUT2D eigenvalue weighted by atomic mass is 10.1. The number of hydrogen-bond donors (Lipinski definition) is 0. The lowest BCUT2D eigenvalue weighted by molar-refractivity contribution is -0.174. The molecule has 2 heterocycles. The minimum absolute atomic E-state index is 0.0354. The highest BCUT2D eigenvalue weighted by Gasteiger charge is 2.60. The largest absolute Gasteiger partial charge is 0.460 e. The fraction of sp³-hybridized carbons (Fsp3) is 0.692. The molecule has 2 fully saturated rings. The fourth-order valence-electron chi connectivity index (χ4n) is 4.38. The predicted octanol–water partition coefficient (Wildman–Crippen LogP) is 4.44. The van der Waals surface area contributed by atoms with Gasteiger partial charge in [-0.05, 0) is 61.0 Å². The standard InChI is InChI=1S/C26H39NO7/c1-24(2,3)31-20(28)14-18-21-22(33-26(7,8)32-21)19(27(18)23(29)34-25(4,5)6)16-30-15-17-12-10-9-11-13-17/h9-13,18-19,21-22H,14-16H2,1-8H3/t18-,19+,21-,22+/m0/s1. The molecule has 3 rings (SSSR count). The van der Waals surface area contributed by atoms with Crippen molar-refractivity contribution < 1.29 is 33.3 Å². The van der Waals surface area contributed by atoms with Crippen molar-refractivity contribution in [1.82, 2.24) is 4.90 Å². The second-order valence-electron chi connectivity index (χ2n) is 11.4. The number of nitrogens with zero attached hydrogens (tertiary/aromatic N) is 1. The van der Waals surface area contributed by atoms with Crippen LogP contribution in [0.2, 0.25) is 0 Å². The molecular weight excluding hydrogens is 438 g/mol. The van der Waals surface area contributed by atoms with E-state index in [9.17, 15) is 9.59 Å². The zero-order chi connectivity index (χ0) is 25.3. The fourth-order valence-corrected chi connectivity index (χ4v) is 4.38. The highest BCUT2D eigenvalue weighted by atomic mass is 16.8. The van der Waals surface area contributed by atoms with Crippen LogP contribution in [0, 0.1) is 0 Å². The summed E-state index contributed by atoms with van der Waals surface area (Å²) >= 11 is 0. The zero-order valence-corrected chi connectivity index (χ0v) is 21.6. The maximum atomic E-state index is 13.4. The molecule has 1 aromatic carbocycles. The Balaban J connectivity index is 1.86. The summed E-state index contributed by atoms with van der Waals surface area (Å²) in [5.74, 6) is -1.26. The summed E-state index contributed by atoms with van der Waals surface area (Å²) in [6.45, 7) is 15.1. The SMILES string of the molecule is CC(C)(C)OC(=O)C[C@H]1[C@@H]2OC(C)(C)O[C@@H]2[C@@H](COCc2ccccc2)N1C(=O)OC(C)(C)C. The van der Waals surface area contributed by atoms with E-state index < -0.39 is 53.3 Å². The molecule has 0 N–H and O–H groups in total. The van der Waals surface area contributed by atoms with Crippen LogP contribution in [0.3, 0.4) is 0 Å². The first-order valence-electron chi connectivity index (χ1n) is 11.9.